The predicted octanol–water partition coefficient (Wildman–Crippen LogP) is 4.03. The zero-order valence-corrected chi connectivity index (χ0v) is 16.7. The van der Waals surface area contributed by atoms with Crippen LogP contribution >= 0.6 is 27.3 Å². The number of rotatable bonds is 3. The Morgan fingerprint density at radius 2 is 1.85 bits per heavy atom. The van der Waals surface area contributed by atoms with Gasteiger partial charge in [-0.05, 0) is 42.5 Å². The van der Waals surface area contributed by atoms with Gasteiger partial charge in [-0.3, -0.25) is 4.79 Å². The van der Waals surface area contributed by atoms with Gasteiger partial charge in [0.15, 0.2) is 5.13 Å². The fraction of sp³-hybridized carbons (Fsp3) is 0.263. The Morgan fingerprint density at radius 1 is 1.12 bits per heavy atom. The highest BCUT2D eigenvalue weighted by Crippen LogP contribution is 2.31. The number of anilines is 1. The lowest BCUT2D eigenvalue weighted by molar-refractivity contribution is 0.0746. The number of ether oxygens (including phenoxy) is 1. The summed E-state index contributed by atoms with van der Waals surface area (Å²) >= 11 is 5.20. The molecular formula is C19H18BrN3O2S. The second kappa shape index (κ2) is 7.25. The summed E-state index contributed by atoms with van der Waals surface area (Å²) in [6.07, 6.45) is 0. The number of hydrogen-bond acceptors (Lipinski definition) is 5. The molecule has 0 radical (unpaired) electrons. The van der Waals surface area contributed by atoms with Gasteiger partial charge in [-0.25, -0.2) is 4.98 Å². The molecule has 0 N–H and O–H groups in total. The van der Waals surface area contributed by atoms with E-state index in [2.05, 4.69) is 26.9 Å². The van der Waals surface area contributed by atoms with Crippen molar-refractivity contribution in [3.05, 3.63) is 52.5 Å². The van der Waals surface area contributed by atoms with Crippen LogP contribution in [-0.2, 0) is 0 Å². The number of halogens is 1. The first-order valence-corrected chi connectivity index (χ1v) is 9.99. The van der Waals surface area contributed by atoms with E-state index in [1.807, 2.05) is 41.3 Å². The third-order valence-electron chi connectivity index (χ3n) is 4.51. The number of nitrogens with zero attached hydrogens (tertiary/aromatic N) is 3. The van der Waals surface area contributed by atoms with Crippen LogP contribution in [0.5, 0.6) is 5.75 Å². The first-order valence-electron chi connectivity index (χ1n) is 8.38. The van der Waals surface area contributed by atoms with Crippen molar-refractivity contribution in [1.82, 2.24) is 9.88 Å². The van der Waals surface area contributed by atoms with Gasteiger partial charge in [0.05, 0.1) is 17.3 Å². The number of thiazole rings is 1. The summed E-state index contributed by atoms with van der Waals surface area (Å²) in [5, 5.41) is 1.02. The van der Waals surface area contributed by atoms with Crippen molar-refractivity contribution >= 4 is 48.5 Å². The number of fused-ring (bicyclic) bond motifs is 1. The van der Waals surface area contributed by atoms with Crippen LogP contribution in [0.15, 0.2) is 46.9 Å². The molecule has 3 aromatic rings. The lowest BCUT2D eigenvalue weighted by atomic mass is 10.1. The molecular weight excluding hydrogens is 414 g/mol. The van der Waals surface area contributed by atoms with E-state index in [0.717, 1.165) is 34.0 Å². The van der Waals surface area contributed by atoms with Gasteiger partial charge in [0.2, 0.25) is 0 Å². The van der Waals surface area contributed by atoms with E-state index in [1.54, 1.807) is 18.4 Å². The monoisotopic (exact) mass is 431 g/mol. The van der Waals surface area contributed by atoms with E-state index in [1.165, 1.54) is 4.70 Å². The maximum absolute atomic E-state index is 12.7. The summed E-state index contributed by atoms with van der Waals surface area (Å²) < 4.78 is 7.39. The highest BCUT2D eigenvalue weighted by molar-refractivity contribution is 9.10. The molecule has 5 nitrogen and oxygen atoms in total. The lowest BCUT2D eigenvalue weighted by Gasteiger charge is -2.34. The van der Waals surface area contributed by atoms with Crippen LogP contribution in [0.25, 0.3) is 10.2 Å². The highest BCUT2D eigenvalue weighted by atomic mass is 79.9. The van der Waals surface area contributed by atoms with Gasteiger partial charge in [-0.15, -0.1) is 0 Å². The summed E-state index contributed by atoms with van der Waals surface area (Å²) in [6, 6.07) is 13.4. The molecule has 0 saturated carbocycles. The van der Waals surface area contributed by atoms with Crippen LogP contribution in [-0.4, -0.2) is 49.1 Å². The number of amides is 1. The van der Waals surface area contributed by atoms with Gasteiger partial charge in [-0.1, -0.05) is 27.3 Å². The molecule has 0 spiro atoms. The van der Waals surface area contributed by atoms with Gasteiger partial charge >= 0.3 is 0 Å². The molecule has 26 heavy (non-hydrogen) atoms. The van der Waals surface area contributed by atoms with E-state index in [9.17, 15) is 4.79 Å². The number of methoxy groups -OCH3 is 1. The number of carbonyl (C=O) groups excluding carboxylic acids is 1. The third kappa shape index (κ3) is 3.41. The van der Waals surface area contributed by atoms with Crippen LogP contribution in [0.4, 0.5) is 5.13 Å². The van der Waals surface area contributed by atoms with Gasteiger partial charge in [-0.2, -0.15) is 0 Å². The van der Waals surface area contributed by atoms with Crippen molar-refractivity contribution in [3.63, 3.8) is 0 Å². The summed E-state index contributed by atoms with van der Waals surface area (Å²) in [6.45, 7) is 2.99. The van der Waals surface area contributed by atoms with Crippen molar-refractivity contribution in [1.29, 1.82) is 0 Å². The van der Waals surface area contributed by atoms with Gasteiger partial charge in [0.1, 0.15) is 5.75 Å². The lowest BCUT2D eigenvalue weighted by Crippen LogP contribution is -2.48. The number of carbonyl (C=O) groups is 1. The van der Waals surface area contributed by atoms with Crippen LogP contribution in [0, 0.1) is 0 Å². The molecule has 134 valence electrons. The molecule has 1 fully saturated rings. The molecule has 2 heterocycles. The highest BCUT2D eigenvalue weighted by Gasteiger charge is 2.24. The normalized spacial score (nSPS) is 14.7. The van der Waals surface area contributed by atoms with Crippen molar-refractivity contribution in [2.75, 3.05) is 38.2 Å². The second-order valence-corrected chi connectivity index (χ2v) is 8.04. The van der Waals surface area contributed by atoms with E-state index < -0.39 is 0 Å². The van der Waals surface area contributed by atoms with Crippen LogP contribution in [0.2, 0.25) is 0 Å². The molecule has 1 aliphatic heterocycles. The van der Waals surface area contributed by atoms with Crippen molar-refractivity contribution in [2.45, 2.75) is 0 Å². The number of piperazine rings is 1. The quantitative estimate of drug-likeness (QED) is 0.627. The van der Waals surface area contributed by atoms with E-state index >= 15 is 0 Å². The third-order valence-corrected chi connectivity index (χ3v) is 6.09. The fourth-order valence-corrected chi connectivity index (χ4v) is 4.61. The van der Waals surface area contributed by atoms with E-state index in [-0.39, 0.29) is 5.91 Å². The molecule has 0 bridgehead atoms. The first kappa shape index (κ1) is 17.3. The predicted molar refractivity (Wildman–Crippen MR) is 108 cm³/mol. The average molecular weight is 432 g/mol. The number of aromatic nitrogens is 1. The Bertz CT molecular complexity index is 934. The number of hydrogen-bond donors (Lipinski definition) is 0. The standard InChI is InChI=1S/C19H18BrN3O2S/c1-25-15-5-2-13(3-6-15)18(24)22-8-10-23(11-9-22)19-21-16-7-4-14(20)12-17(16)26-19/h2-7,12H,8-11H2,1H3. The Hall–Kier alpha value is -2.12. The molecule has 2 aromatic carbocycles. The molecule has 0 aliphatic carbocycles. The minimum absolute atomic E-state index is 0.0699. The maximum atomic E-state index is 12.7. The summed E-state index contributed by atoms with van der Waals surface area (Å²) in [7, 11) is 1.62. The SMILES string of the molecule is COc1ccc(C(=O)N2CCN(c3nc4ccc(Br)cc4s3)CC2)cc1. The first-order chi connectivity index (χ1) is 12.6. The maximum Gasteiger partial charge on any atom is 0.253 e. The molecule has 1 aliphatic rings. The molecule has 1 saturated heterocycles. The topological polar surface area (TPSA) is 45.7 Å². The van der Waals surface area contributed by atoms with Crippen molar-refractivity contribution in [3.8, 4) is 5.75 Å². The molecule has 1 aromatic heterocycles. The largest absolute Gasteiger partial charge is 0.497 e. The van der Waals surface area contributed by atoms with Crippen molar-refractivity contribution in [2.24, 2.45) is 0 Å². The summed E-state index contributed by atoms with van der Waals surface area (Å²) in [4.78, 5) is 21.6. The minimum Gasteiger partial charge on any atom is -0.497 e. The van der Waals surface area contributed by atoms with Gasteiger partial charge in [0, 0.05) is 36.2 Å². The Labute approximate surface area is 164 Å². The van der Waals surface area contributed by atoms with Gasteiger partial charge in [0.25, 0.3) is 5.91 Å². The van der Waals surface area contributed by atoms with Crippen molar-refractivity contribution < 1.29 is 9.53 Å². The average Bonchev–Trinajstić information content (AvgIpc) is 3.11. The molecule has 0 atom stereocenters. The zero-order chi connectivity index (χ0) is 18.1. The molecule has 1 amide bonds. The Balaban J connectivity index is 1.43. The van der Waals surface area contributed by atoms with E-state index in [4.69, 9.17) is 9.72 Å². The summed E-state index contributed by atoms with van der Waals surface area (Å²) in [5.74, 6) is 0.828. The van der Waals surface area contributed by atoms with E-state index in [0.29, 0.717) is 18.7 Å². The van der Waals surface area contributed by atoms with Crippen LogP contribution < -0.4 is 9.64 Å². The molecule has 7 heteroatoms. The smallest absolute Gasteiger partial charge is 0.253 e. The zero-order valence-electron chi connectivity index (χ0n) is 14.3. The number of benzene rings is 2. The summed E-state index contributed by atoms with van der Waals surface area (Å²) in [5.41, 5.74) is 1.72. The Morgan fingerprint density at radius 3 is 2.54 bits per heavy atom. The molecule has 4 rings (SSSR count). The Kier molecular flexibility index (Phi) is 4.82. The minimum atomic E-state index is 0.0699. The second-order valence-electron chi connectivity index (χ2n) is 6.12. The van der Waals surface area contributed by atoms with Crippen LogP contribution in [0.1, 0.15) is 10.4 Å². The van der Waals surface area contributed by atoms with Crippen LogP contribution in [0.3, 0.4) is 0 Å². The fourth-order valence-electron chi connectivity index (χ4n) is 3.04. The van der Waals surface area contributed by atoms with Gasteiger partial charge < -0.3 is 14.5 Å². The molecule has 0 unspecified atom stereocenters.